The van der Waals surface area contributed by atoms with Crippen LogP contribution in [0.15, 0.2) is 24.3 Å². The summed E-state index contributed by atoms with van der Waals surface area (Å²) in [6.07, 6.45) is 1.03. The molecule has 14 heavy (non-hydrogen) atoms. The first-order chi connectivity index (χ1) is 6.86. The summed E-state index contributed by atoms with van der Waals surface area (Å²) in [5, 5.41) is 6.98. The minimum atomic E-state index is 0.722. The Bertz CT molecular complexity index is 310. The number of nitrogens with one attached hydrogen (secondary N) is 2. The van der Waals surface area contributed by atoms with Crippen molar-refractivity contribution < 1.29 is 0 Å². The Kier molecular flexibility index (Phi) is 4.40. The number of anilines is 1. The second-order valence-electron chi connectivity index (χ2n) is 2.79. The molecule has 1 aliphatic rings. The molecular weight excluding hydrogens is 192 g/mol. The highest BCUT2D eigenvalue weighted by molar-refractivity contribution is 7.80. The van der Waals surface area contributed by atoms with Crippen molar-refractivity contribution in [2.75, 3.05) is 11.9 Å². The number of benzene rings is 1. The van der Waals surface area contributed by atoms with Gasteiger partial charge in [-0.2, -0.15) is 0 Å². The smallest absolute Gasteiger partial charge is 0.170 e. The van der Waals surface area contributed by atoms with E-state index in [0.29, 0.717) is 0 Å². The maximum Gasteiger partial charge on any atom is 0.170 e. The topological polar surface area (TPSA) is 24.1 Å². The molecule has 2 N–H and O–H groups in total. The van der Waals surface area contributed by atoms with E-state index in [2.05, 4.69) is 28.8 Å². The monoisotopic (exact) mass is 208 g/mol. The third-order valence-corrected chi connectivity index (χ3v) is 2.19. The summed E-state index contributed by atoms with van der Waals surface area (Å²) in [5.41, 5.74) is 2.46. The first kappa shape index (κ1) is 11.0. The van der Waals surface area contributed by atoms with Crippen LogP contribution in [-0.2, 0) is 6.42 Å². The fourth-order valence-electron chi connectivity index (χ4n) is 1.34. The van der Waals surface area contributed by atoms with Crippen LogP contribution >= 0.6 is 12.2 Å². The van der Waals surface area contributed by atoms with Crippen LogP contribution in [0.1, 0.15) is 19.4 Å². The van der Waals surface area contributed by atoms with E-state index < -0.39 is 0 Å². The number of rotatable bonds is 0. The van der Waals surface area contributed by atoms with Crippen molar-refractivity contribution in [2.45, 2.75) is 20.3 Å². The van der Waals surface area contributed by atoms with Crippen LogP contribution in [0.3, 0.4) is 0 Å². The van der Waals surface area contributed by atoms with E-state index in [4.69, 9.17) is 12.2 Å². The van der Waals surface area contributed by atoms with E-state index in [1.54, 1.807) is 0 Å². The fourth-order valence-corrected chi connectivity index (χ4v) is 1.55. The van der Waals surface area contributed by atoms with Crippen LogP contribution in [-0.4, -0.2) is 11.7 Å². The van der Waals surface area contributed by atoms with Gasteiger partial charge < -0.3 is 10.6 Å². The highest BCUT2D eigenvalue weighted by atomic mass is 32.1. The van der Waals surface area contributed by atoms with Crippen molar-refractivity contribution in [3.63, 3.8) is 0 Å². The summed E-state index contributed by atoms with van der Waals surface area (Å²) < 4.78 is 0. The van der Waals surface area contributed by atoms with Gasteiger partial charge in [0.25, 0.3) is 0 Å². The SMILES string of the molecule is CC.S=C1NCCc2ccccc2N1. The van der Waals surface area contributed by atoms with Crippen molar-refractivity contribution >= 4 is 23.0 Å². The second kappa shape index (κ2) is 5.60. The zero-order valence-electron chi connectivity index (χ0n) is 8.63. The molecule has 0 saturated heterocycles. The molecule has 2 rings (SSSR count). The van der Waals surface area contributed by atoms with E-state index >= 15 is 0 Å². The van der Waals surface area contributed by atoms with Gasteiger partial charge in [-0.1, -0.05) is 32.0 Å². The summed E-state index contributed by atoms with van der Waals surface area (Å²) in [6, 6.07) is 8.24. The minimum Gasteiger partial charge on any atom is -0.362 e. The highest BCUT2D eigenvalue weighted by Gasteiger charge is 2.07. The lowest BCUT2D eigenvalue weighted by molar-refractivity contribution is 0.888. The first-order valence-electron chi connectivity index (χ1n) is 4.99. The van der Waals surface area contributed by atoms with Crippen molar-refractivity contribution in [3.05, 3.63) is 29.8 Å². The number of hydrogen-bond donors (Lipinski definition) is 2. The summed E-state index contributed by atoms with van der Waals surface area (Å²) in [6.45, 7) is 4.92. The average molecular weight is 208 g/mol. The van der Waals surface area contributed by atoms with Gasteiger partial charge in [0, 0.05) is 12.2 Å². The van der Waals surface area contributed by atoms with Gasteiger partial charge in [0.1, 0.15) is 0 Å². The van der Waals surface area contributed by atoms with Gasteiger partial charge in [-0.25, -0.2) is 0 Å². The lowest BCUT2D eigenvalue weighted by Gasteiger charge is -2.05. The molecule has 0 fully saturated rings. The zero-order chi connectivity index (χ0) is 10.4. The molecule has 0 aliphatic carbocycles. The van der Waals surface area contributed by atoms with Gasteiger partial charge in [0.05, 0.1) is 0 Å². The van der Waals surface area contributed by atoms with Crippen molar-refractivity contribution in [1.29, 1.82) is 0 Å². The van der Waals surface area contributed by atoms with Crippen LogP contribution in [0.4, 0.5) is 5.69 Å². The quantitative estimate of drug-likeness (QED) is 0.641. The molecule has 0 radical (unpaired) electrons. The third-order valence-electron chi connectivity index (χ3n) is 1.95. The Morgan fingerprint density at radius 2 is 1.93 bits per heavy atom. The molecule has 0 aromatic heterocycles. The van der Waals surface area contributed by atoms with Gasteiger partial charge in [-0.15, -0.1) is 0 Å². The Balaban J connectivity index is 0.000000461. The van der Waals surface area contributed by atoms with E-state index in [1.165, 1.54) is 5.56 Å². The van der Waals surface area contributed by atoms with Crippen LogP contribution in [0, 0.1) is 0 Å². The molecule has 76 valence electrons. The number of thiocarbonyl (C=S) groups is 1. The first-order valence-corrected chi connectivity index (χ1v) is 5.40. The molecule has 1 aliphatic heterocycles. The molecule has 1 heterocycles. The standard InChI is InChI=1S/C9H10N2S.C2H6/c12-9-10-6-5-7-3-1-2-4-8(7)11-9;1-2/h1-4H,5-6H2,(H2,10,11,12);1-2H3. The van der Waals surface area contributed by atoms with E-state index in [9.17, 15) is 0 Å². The summed E-state index contributed by atoms with van der Waals surface area (Å²) in [7, 11) is 0. The van der Waals surface area contributed by atoms with E-state index in [0.717, 1.165) is 23.8 Å². The normalized spacial score (nSPS) is 13.7. The van der Waals surface area contributed by atoms with Gasteiger partial charge in [-0.05, 0) is 30.3 Å². The van der Waals surface area contributed by atoms with Crippen LogP contribution in [0.2, 0.25) is 0 Å². The zero-order valence-corrected chi connectivity index (χ0v) is 9.45. The number of para-hydroxylation sites is 1. The average Bonchev–Trinajstić information content (AvgIpc) is 2.41. The largest absolute Gasteiger partial charge is 0.362 e. The Labute approximate surface area is 90.7 Å². The second-order valence-corrected chi connectivity index (χ2v) is 3.20. The maximum atomic E-state index is 5.05. The van der Waals surface area contributed by atoms with E-state index in [-0.39, 0.29) is 0 Å². The molecular formula is C11H16N2S. The van der Waals surface area contributed by atoms with E-state index in [1.807, 2.05) is 19.9 Å². The lowest BCUT2D eigenvalue weighted by atomic mass is 10.1. The highest BCUT2D eigenvalue weighted by Crippen LogP contribution is 2.16. The number of hydrogen-bond acceptors (Lipinski definition) is 1. The maximum absolute atomic E-state index is 5.05. The molecule has 0 amide bonds. The molecule has 0 spiro atoms. The Morgan fingerprint density at radius 3 is 2.71 bits per heavy atom. The van der Waals surface area contributed by atoms with Gasteiger partial charge >= 0.3 is 0 Å². The summed E-state index contributed by atoms with van der Waals surface area (Å²) in [5.74, 6) is 0. The predicted molar refractivity (Wildman–Crippen MR) is 65.7 cm³/mol. The Hall–Kier alpha value is -1.09. The molecule has 0 unspecified atom stereocenters. The Morgan fingerprint density at radius 1 is 1.21 bits per heavy atom. The summed E-state index contributed by atoms with van der Waals surface area (Å²) >= 11 is 5.05. The number of fused-ring (bicyclic) bond motifs is 1. The third kappa shape index (κ3) is 2.70. The van der Waals surface area contributed by atoms with Crippen molar-refractivity contribution in [2.24, 2.45) is 0 Å². The van der Waals surface area contributed by atoms with Crippen molar-refractivity contribution in [3.8, 4) is 0 Å². The molecule has 0 atom stereocenters. The van der Waals surface area contributed by atoms with Crippen LogP contribution in [0.25, 0.3) is 0 Å². The van der Waals surface area contributed by atoms with Gasteiger partial charge in [-0.3, -0.25) is 0 Å². The van der Waals surface area contributed by atoms with Gasteiger partial charge in [0.2, 0.25) is 0 Å². The molecule has 2 nitrogen and oxygen atoms in total. The van der Waals surface area contributed by atoms with Crippen molar-refractivity contribution in [1.82, 2.24) is 5.32 Å². The van der Waals surface area contributed by atoms with Gasteiger partial charge in [0.15, 0.2) is 5.11 Å². The van der Waals surface area contributed by atoms with Crippen LogP contribution in [0.5, 0.6) is 0 Å². The molecule has 1 aromatic rings. The van der Waals surface area contributed by atoms with Crippen LogP contribution < -0.4 is 10.6 Å². The molecule has 1 aromatic carbocycles. The molecule has 3 heteroatoms. The fraction of sp³-hybridized carbons (Fsp3) is 0.364. The lowest BCUT2D eigenvalue weighted by Crippen LogP contribution is -2.27. The molecule has 0 saturated carbocycles. The molecule has 0 bridgehead atoms. The predicted octanol–water partition coefficient (Wildman–Crippen LogP) is 2.56. The summed E-state index contributed by atoms with van der Waals surface area (Å²) in [4.78, 5) is 0. The minimum absolute atomic E-state index is 0.722.